The number of phenolic OH excluding ortho intramolecular Hbond substituents is 1. The van der Waals surface area contributed by atoms with Gasteiger partial charge in [0.15, 0.2) is 23.0 Å². The summed E-state index contributed by atoms with van der Waals surface area (Å²) in [7, 11) is 3.11. The maximum absolute atomic E-state index is 9.84. The van der Waals surface area contributed by atoms with Gasteiger partial charge in [-0.15, -0.1) is 0 Å². The van der Waals surface area contributed by atoms with Crippen LogP contribution in [0.2, 0.25) is 0 Å². The van der Waals surface area contributed by atoms with E-state index in [0.29, 0.717) is 23.8 Å². The second kappa shape index (κ2) is 9.15. The van der Waals surface area contributed by atoms with E-state index in [4.69, 9.17) is 19.3 Å². The smallest absolute Gasteiger partial charge is 0.161 e. The Hall–Kier alpha value is -2.44. The highest BCUT2D eigenvalue weighted by molar-refractivity contribution is 5.44. The summed E-state index contributed by atoms with van der Waals surface area (Å²) in [6.07, 6.45) is 0. The number of rotatable bonds is 9. The molecule has 2 rings (SSSR count). The van der Waals surface area contributed by atoms with Crippen LogP contribution in [0.3, 0.4) is 0 Å². The van der Waals surface area contributed by atoms with Crippen molar-refractivity contribution in [2.45, 2.75) is 19.5 Å². The summed E-state index contributed by atoms with van der Waals surface area (Å²) in [5.74, 6) is 1.82. The number of aromatic hydroxyl groups is 1. The lowest BCUT2D eigenvalue weighted by Crippen LogP contribution is -2.18. The molecule has 25 heavy (non-hydrogen) atoms. The number of aliphatic hydroxyl groups is 1. The van der Waals surface area contributed by atoms with Gasteiger partial charge in [-0.3, -0.25) is 0 Å². The lowest BCUT2D eigenvalue weighted by Gasteiger charge is -2.17. The first-order valence-electron chi connectivity index (χ1n) is 8.10. The Balaban J connectivity index is 2.02. The van der Waals surface area contributed by atoms with Gasteiger partial charge in [0.2, 0.25) is 0 Å². The largest absolute Gasteiger partial charge is 0.504 e. The fourth-order valence-corrected chi connectivity index (χ4v) is 2.46. The zero-order chi connectivity index (χ0) is 18.2. The van der Waals surface area contributed by atoms with E-state index >= 15 is 0 Å². The molecular weight excluding hydrogens is 322 g/mol. The standard InChI is InChI=1S/C19H25NO5/c1-13(20-12-14-4-6-17(23-2)16(22)10-14)15-5-7-18(25-9-8-21)19(11-15)24-3/h4-7,10-11,13,20-22H,8-9,12H2,1-3H3/t13-/m1/s1. The minimum atomic E-state index is -0.0441. The maximum Gasteiger partial charge on any atom is 0.161 e. The maximum atomic E-state index is 9.84. The van der Waals surface area contributed by atoms with E-state index < -0.39 is 0 Å². The second-order valence-electron chi connectivity index (χ2n) is 5.59. The van der Waals surface area contributed by atoms with E-state index in [-0.39, 0.29) is 25.0 Å². The van der Waals surface area contributed by atoms with E-state index in [1.165, 1.54) is 7.11 Å². The SMILES string of the molecule is COc1ccc(CN[C@H](C)c2ccc(OCCO)c(OC)c2)cc1O. The molecule has 0 aromatic heterocycles. The fraction of sp³-hybridized carbons (Fsp3) is 0.368. The minimum absolute atomic E-state index is 0.0441. The number of hydrogen-bond acceptors (Lipinski definition) is 6. The number of benzene rings is 2. The van der Waals surface area contributed by atoms with Gasteiger partial charge in [0, 0.05) is 12.6 Å². The second-order valence-corrected chi connectivity index (χ2v) is 5.59. The van der Waals surface area contributed by atoms with Crippen molar-refractivity contribution in [2.75, 3.05) is 27.4 Å². The van der Waals surface area contributed by atoms with Crippen LogP contribution >= 0.6 is 0 Å². The van der Waals surface area contributed by atoms with Crippen molar-refractivity contribution in [2.24, 2.45) is 0 Å². The van der Waals surface area contributed by atoms with Crippen LogP contribution in [0.25, 0.3) is 0 Å². The van der Waals surface area contributed by atoms with Crippen LogP contribution < -0.4 is 19.5 Å². The number of aliphatic hydroxyl groups excluding tert-OH is 1. The molecule has 0 unspecified atom stereocenters. The summed E-state index contributed by atoms with van der Waals surface area (Å²) in [5, 5.41) is 22.1. The molecule has 2 aromatic rings. The Morgan fingerprint density at radius 1 is 1.00 bits per heavy atom. The van der Waals surface area contributed by atoms with Crippen molar-refractivity contribution in [3.63, 3.8) is 0 Å². The zero-order valence-corrected chi connectivity index (χ0v) is 14.8. The molecule has 0 heterocycles. The molecule has 2 aromatic carbocycles. The molecule has 0 amide bonds. The number of methoxy groups -OCH3 is 2. The predicted molar refractivity (Wildman–Crippen MR) is 95.5 cm³/mol. The molecule has 136 valence electrons. The zero-order valence-electron chi connectivity index (χ0n) is 14.8. The van der Waals surface area contributed by atoms with E-state index in [1.54, 1.807) is 19.2 Å². The van der Waals surface area contributed by atoms with Crippen molar-refractivity contribution >= 4 is 0 Å². The van der Waals surface area contributed by atoms with Gasteiger partial charge in [-0.25, -0.2) is 0 Å². The molecule has 3 N–H and O–H groups in total. The van der Waals surface area contributed by atoms with Gasteiger partial charge in [-0.1, -0.05) is 12.1 Å². The molecule has 0 aliphatic rings. The predicted octanol–water partition coefficient (Wildman–Crippen LogP) is 2.63. The molecule has 0 saturated carbocycles. The van der Waals surface area contributed by atoms with Gasteiger partial charge >= 0.3 is 0 Å². The van der Waals surface area contributed by atoms with E-state index in [1.807, 2.05) is 31.2 Å². The van der Waals surface area contributed by atoms with Gasteiger partial charge < -0.3 is 29.7 Å². The summed E-state index contributed by atoms with van der Waals surface area (Å²) in [6, 6.07) is 11.1. The highest BCUT2D eigenvalue weighted by Gasteiger charge is 2.11. The number of ether oxygens (including phenoxy) is 3. The van der Waals surface area contributed by atoms with E-state index in [9.17, 15) is 5.11 Å². The van der Waals surface area contributed by atoms with Gasteiger partial charge in [0.1, 0.15) is 6.61 Å². The van der Waals surface area contributed by atoms with E-state index in [0.717, 1.165) is 11.1 Å². The van der Waals surface area contributed by atoms with Gasteiger partial charge in [0.25, 0.3) is 0 Å². The highest BCUT2D eigenvalue weighted by Crippen LogP contribution is 2.31. The van der Waals surface area contributed by atoms with Crippen molar-refractivity contribution in [3.05, 3.63) is 47.5 Å². The molecule has 0 spiro atoms. The summed E-state index contributed by atoms with van der Waals surface area (Å²) in [4.78, 5) is 0. The Morgan fingerprint density at radius 2 is 1.72 bits per heavy atom. The topological polar surface area (TPSA) is 80.2 Å². The van der Waals surface area contributed by atoms with Crippen molar-refractivity contribution in [1.82, 2.24) is 5.32 Å². The Kier molecular flexibility index (Phi) is 6.91. The van der Waals surface area contributed by atoms with E-state index in [2.05, 4.69) is 5.32 Å². The molecule has 0 bridgehead atoms. The summed E-state index contributed by atoms with van der Waals surface area (Å²) < 4.78 is 15.8. The number of hydrogen-bond donors (Lipinski definition) is 3. The third kappa shape index (κ3) is 5.01. The van der Waals surface area contributed by atoms with Crippen LogP contribution in [0.15, 0.2) is 36.4 Å². The average Bonchev–Trinajstić information content (AvgIpc) is 2.64. The lowest BCUT2D eigenvalue weighted by atomic mass is 10.1. The third-order valence-electron chi connectivity index (χ3n) is 3.89. The fourth-order valence-electron chi connectivity index (χ4n) is 2.46. The Bertz CT molecular complexity index is 690. The molecule has 0 saturated heterocycles. The average molecular weight is 347 g/mol. The highest BCUT2D eigenvalue weighted by atomic mass is 16.5. The number of nitrogens with one attached hydrogen (secondary N) is 1. The van der Waals surface area contributed by atoms with Crippen LogP contribution in [0.5, 0.6) is 23.0 Å². The van der Waals surface area contributed by atoms with Gasteiger partial charge in [0.05, 0.1) is 20.8 Å². The quantitative estimate of drug-likeness (QED) is 0.647. The monoisotopic (exact) mass is 347 g/mol. The summed E-state index contributed by atoms with van der Waals surface area (Å²) >= 11 is 0. The molecule has 6 heteroatoms. The molecule has 0 aliphatic heterocycles. The van der Waals surface area contributed by atoms with Crippen molar-refractivity contribution in [1.29, 1.82) is 0 Å². The molecule has 0 fully saturated rings. The van der Waals surface area contributed by atoms with Crippen molar-refractivity contribution < 1.29 is 24.4 Å². The Morgan fingerprint density at radius 3 is 2.36 bits per heavy atom. The number of phenols is 1. The molecular formula is C19H25NO5. The first kappa shape index (κ1) is 18.9. The van der Waals surface area contributed by atoms with Crippen LogP contribution in [0, 0.1) is 0 Å². The first-order valence-corrected chi connectivity index (χ1v) is 8.10. The normalized spacial score (nSPS) is 11.8. The summed E-state index contributed by atoms with van der Waals surface area (Å²) in [5.41, 5.74) is 2.01. The first-order chi connectivity index (χ1) is 12.1. The van der Waals surface area contributed by atoms with Crippen LogP contribution in [-0.2, 0) is 6.54 Å². The van der Waals surface area contributed by atoms with Crippen LogP contribution in [-0.4, -0.2) is 37.6 Å². The molecule has 0 radical (unpaired) electrons. The van der Waals surface area contributed by atoms with Gasteiger partial charge in [-0.05, 0) is 42.3 Å². The van der Waals surface area contributed by atoms with Crippen LogP contribution in [0.1, 0.15) is 24.1 Å². The lowest BCUT2D eigenvalue weighted by molar-refractivity contribution is 0.196. The van der Waals surface area contributed by atoms with Crippen molar-refractivity contribution in [3.8, 4) is 23.0 Å². The summed E-state index contributed by atoms with van der Waals surface area (Å²) in [6.45, 7) is 2.83. The van der Waals surface area contributed by atoms with Crippen LogP contribution in [0.4, 0.5) is 0 Å². The molecule has 6 nitrogen and oxygen atoms in total. The minimum Gasteiger partial charge on any atom is -0.504 e. The third-order valence-corrected chi connectivity index (χ3v) is 3.89. The van der Waals surface area contributed by atoms with Gasteiger partial charge in [-0.2, -0.15) is 0 Å². The molecule has 1 atom stereocenters. The Labute approximate surface area is 148 Å². The molecule has 0 aliphatic carbocycles.